The van der Waals surface area contributed by atoms with E-state index in [0.29, 0.717) is 5.16 Å². The Morgan fingerprint density at radius 3 is 2.20 bits per heavy atom. The smallest absolute Gasteiger partial charge is 0.234 e. The van der Waals surface area contributed by atoms with Gasteiger partial charge in [-0.3, -0.25) is 9.36 Å². The summed E-state index contributed by atoms with van der Waals surface area (Å²) in [6, 6.07) is 21.9. The Morgan fingerprint density at radius 2 is 1.54 bits per heavy atom. The van der Waals surface area contributed by atoms with Gasteiger partial charge in [-0.15, -0.1) is 10.2 Å². The van der Waals surface area contributed by atoms with Crippen molar-refractivity contribution in [2.75, 3.05) is 11.1 Å². The molecule has 0 atom stereocenters. The summed E-state index contributed by atoms with van der Waals surface area (Å²) >= 11 is 1.20. The summed E-state index contributed by atoms with van der Waals surface area (Å²) in [5, 5.41) is 11.8. The van der Waals surface area contributed by atoms with Crippen molar-refractivity contribution in [3.63, 3.8) is 0 Å². The maximum absolute atomic E-state index is 13.1. The van der Waals surface area contributed by atoms with E-state index in [1.807, 2.05) is 69.3 Å². The topological polar surface area (TPSA) is 94.0 Å². The summed E-state index contributed by atoms with van der Waals surface area (Å²) in [6.07, 6.45) is 0. The Hall–Kier alpha value is -3.43. The molecule has 0 saturated carbocycles. The largest absolute Gasteiger partial charge is 0.325 e. The number of amides is 1. The zero-order valence-electron chi connectivity index (χ0n) is 19.7. The molecule has 4 aromatic rings. The van der Waals surface area contributed by atoms with Gasteiger partial charge in [0, 0.05) is 11.4 Å². The van der Waals surface area contributed by atoms with E-state index in [2.05, 4.69) is 15.5 Å². The Morgan fingerprint density at radius 1 is 0.886 bits per heavy atom. The van der Waals surface area contributed by atoms with Gasteiger partial charge in [-0.1, -0.05) is 53.7 Å². The van der Waals surface area contributed by atoms with Crippen LogP contribution in [0.2, 0.25) is 0 Å². The van der Waals surface area contributed by atoms with E-state index in [4.69, 9.17) is 0 Å². The van der Waals surface area contributed by atoms with Gasteiger partial charge in [-0.2, -0.15) is 0 Å². The van der Waals surface area contributed by atoms with Gasteiger partial charge in [0.1, 0.15) is 5.75 Å². The van der Waals surface area contributed by atoms with Crippen LogP contribution >= 0.6 is 11.8 Å². The number of nitrogens with one attached hydrogen (secondary N) is 1. The third kappa shape index (κ3) is 6.17. The first-order chi connectivity index (χ1) is 16.7. The van der Waals surface area contributed by atoms with Crippen molar-refractivity contribution in [3.8, 4) is 5.69 Å². The van der Waals surface area contributed by atoms with Crippen molar-refractivity contribution >= 4 is 33.2 Å². The van der Waals surface area contributed by atoms with Gasteiger partial charge in [-0.05, 0) is 68.3 Å². The molecular formula is C26H26N4O3S2. The summed E-state index contributed by atoms with van der Waals surface area (Å²) in [5.41, 5.74) is 4.58. The quantitative estimate of drug-likeness (QED) is 0.342. The lowest BCUT2D eigenvalue weighted by Crippen LogP contribution is -2.15. The van der Waals surface area contributed by atoms with Crippen LogP contribution in [0.4, 0.5) is 5.69 Å². The predicted molar refractivity (Wildman–Crippen MR) is 139 cm³/mol. The van der Waals surface area contributed by atoms with Crippen LogP contribution in [-0.4, -0.2) is 34.8 Å². The average Bonchev–Trinajstić information content (AvgIpc) is 3.19. The summed E-state index contributed by atoms with van der Waals surface area (Å²) in [7, 11) is -3.64. The molecule has 9 heteroatoms. The lowest BCUT2D eigenvalue weighted by molar-refractivity contribution is -0.113. The molecule has 4 rings (SSSR count). The van der Waals surface area contributed by atoms with Crippen molar-refractivity contribution in [1.29, 1.82) is 0 Å². The zero-order chi connectivity index (χ0) is 25.0. The second-order valence-corrected chi connectivity index (χ2v) is 11.3. The SMILES string of the molecule is Cc1ccc(S(=O)(=O)Cc2nnc(SCC(=O)Nc3cc(C)cc(C)c3)n2-c2ccccc2)cc1. The molecule has 1 heterocycles. The van der Waals surface area contributed by atoms with Gasteiger partial charge in [-0.25, -0.2) is 8.42 Å². The van der Waals surface area contributed by atoms with E-state index < -0.39 is 9.84 Å². The second-order valence-electron chi connectivity index (χ2n) is 8.36. The minimum atomic E-state index is -3.64. The Labute approximate surface area is 209 Å². The molecule has 1 aromatic heterocycles. The summed E-state index contributed by atoms with van der Waals surface area (Å²) in [4.78, 5) is 12.8. The highest BCUT2D eigenvalue weighted by atomic mass is 32.2. The third-order valence-electron chi connectivity index (χ3n) is 5.25. The molecule has 0 aliphatic carbocycles. The van der Waals surface area contributed by atoms with Crippen molar-refractivity contribution in [3.05, 3.63) is 95.3 Å². The van der Waals surface area contributed by atoms with Crippen LogP contribution in [0.5, 0.6) is 0 Å². The fraction of sp³-hybridized carbons (Fsp3) is 0.192. The van der Waals surface area contributed by atoms with E-state index in [1.165, 1.54) is 11.8 Å². The number of nitrogens with zero attached hydrogens (tertiary/aromatic N) is 3. The lowest BCUT2D eigenvalue weighted by atomic mass is 10.1. The van der Waals surface area contributed by atoms with Gasteiger partial charge in [0.2, 0.25) is 5.91 Å². The molecule has 0 radical (unpaired) electrons. The van der Waals surface area contributed by atoms with Gasteiger partial charge in [0.05, 0.1) is 10.6 Å². The minimum absolute atomic E-state index is 0.0999. The first-order valence-corrected chi connectivity index (χ1v) is 13.7. The predicted octanol–water partition coefficient (Wildman–Crippen LogP) is 4.90. The molecule has 1 amide bonds. The molecule has 3 aromatic carbocycles. The van der Waals surface area contributed by atoms with Crippen LogP contribution in [0.25, 0.3) is 5.69 Å². The van der Waals surface area contributed by atoms with Crippen LogP contribution in [-0.2, 0) is 20.4 Å². The van der Waals surface area contributed by atoms with Gasteiger partial charge < -0.3 is 5.32 Å². The van der Waals surface area contributed by atoms with Crippen LogP contribution in [0, 0.1) is 20.8 Å². The van der Waals surface area contributed by atoms with E-state index in [0.717, 1.165) is 28.1 Å². The first-order valence-electron chi connectivity index (χ1n) is 11.0. The number of hydrogen-bond donors (Lipinski definition) is 1. The molecular weight excluding hydrogens is 480 g/mol. The maximum Gasteiger partial charge on any atom is 0.234 e. The monoisotopic (exact) mass is 506 g/mol. The molecule has 0 aliphatic heterocycles. The van der Waals surface area contributed by atoms with Crippen LogP contribution in [0.3, 0.4) is 0 Å². The summed E-state index contributed by atoms with van der Waals surface area (Å²) < 4.78 is 27.9. The molecule has 0 fully saturated rings. The summed E-state index contributed by atoms with van der Waals surface area (Å²) in [5.74, 6) is -0.110. The number of carbonyl (C=O) groups is 1. The highest BCUT2D eigenvalue weighted by molar-refractivity contribution is 7.99. The van der Waals surface area contributed by atoms with Crippen LogP contribution in [0.1, 0.15) is 22.5 Å². The molecule has 0 aliphatic rings. The first kappa shape index (κ1) is 24.7. The van der Waals surface area contributed by atoms with E-state index in [-0.39, 0.29) is 28.1 Å². The van der Waals surface area contributed by atoms with Crippen LogP contribution in [0.15, 0.2) is 82.8 Å². The third-order valence-corrected chi connectivity index (χ3v) is 7.81. The molecule has 7 nitrogen and oxygen atoms in total. The average molecular weight is 507 g/mol. The van der Waals surface area contributed by atoms with Gasteiger partial charge >= 0.3 is 0 Å². The number of sulfone groups is 1. The normalized spacial score (nSPS) is 11.4. The minimum Gasteiger partial charge on any atom is -0.325 e. The number of aryl methyl sites for hydroxylation is 3. The van der Waals surface area contributed by atoms with Gasteiger partial charge in [0.25, 0.3) is 0 Å². The molecule has 35 heavy (non-hydrogen) atoms. The molecule has 0 bridgehead atoms. The van der Waals surface area contributed by atoms with E-state index in [9.17, 15) is 13.2 Å². The number of rotatable bonds is 8. The Kier molecular flexibility index (Phi) is 7.37. The zero-order valence-corrected chi connectivity index (χ0v) is 21.4. The second kappa shape index (κ2) is 10.5. The molecule has 1 N–H and O–H groups in total. The highest BCUT2D eigenvalue weighted by Gasteiger charge is 2.23. The van der Waals surface area contributed by atoms with Crippen LogP contribution < -0.4 is 5.32 Å². The standard InChI is InChI=1S/C26H26N4O3S2/c1-18-9-11-23(12-10-18)35(32,33)17-24-28-29-26(30(24)22-7-5-4-6-8-22)34-16-25(31)27-21-14-19(2)13-20(3)15-21/h4-15H,16-17H2,1-3H3,(H,27,31). The fourth-order valence-corrected chi connectivity index (χ4v) is 5.71. The van der Waals surface area contributed by atoms with Crippen molar-refractivity contribution < 1.29 is 13.2 Å². The Balaban J connectivity index is 1.57. The van der Waals surface area contributed by atoms with E-state index >= 15 is 0 Å². The van der Waals surface area contributed by atoms with E-state index in [1.54, 1.807) is 28.8 Å². The fourth-order valence-electron chi connectivity index (χ4n) is 3.70. The number of anilines is 1. The lowest BCUT2D eigenvalue weighted by Gasteiger charge is -2.11. The Bertz CT molecular complexity index is 1430. The van der Waals surface area contributed by atoms with Gasteiger partial charge in [0.15, 0.2) is 20.8 Å². The molecule has 0 saturated heterocycles. The van der Waals surface area contributed by atoms with Crippen molar-refractivity contribution in [1.82, 2.24) is 14.8 Å². The molecule has 0 unspecified atom stereocenters. The van der Waals surface area contributed by atoms with Crippen molar-refractivity contribution in [2.45, 2.75) is 36.6 Å². The number of benzene rings is 3. The number of thioether (sulfide) groups is 1. The number of carbonyl (C=O) groups excluding carboxylic acids is 1. The maximum atomic E-state index is 13.1. The number of aromatic nitrogens is 3. The molecule has 0 spiro atoms. The molecule has 180 valence electrons. The number of hydrogen-bond acceptors (Lipinski definition) is 6. The summed E-state index contributed by atoms with van der Waals surface area (Å²) in [6.45, 7) is 5.86. The van der Waals surface area contributed by atoms with Crippen molar-refractivity contribution in [2.24, 2.45) is 0 Å². The number of para-hydroxylation sites is 1. The highest BCUT2D eigenvalue weighted by Crippen LogP contribution is 2.25.